The van der Waals surface area contributed by atoms with Crippen LogP contribution in [0.15, 0.2) is 28.8 Å². The summed E-state index contributed by atoms with van der Waals surface area (Å²) in [4.78, 5) is 11.4. The standard InChI is InChI=1S/C16H18N2O2/c1-10(19)11-6-8-12(9-7-11)13-4-3-5-14-15(13)16(17-2)20-18-14/h6-9,13,17H,3-5H2,1-2H3. The van der Waals surface area contributed by atoms with E-state index in [-0.39, 0.29) is 5.78 Å². The van der Waals surface area contributed by atoms with Gasteiger partial charge in [0.2, 0.25) is 5.88 Å². The van der Waals surface area contributed by atoms with Crippen LogP contribution in [-0.4, -0.2) is 18.0 Å². The van der Waals surface area contributed by atoms with Gasteiger partial charge >= 0.3 is 0 Å². The van der Waals surface area contributed by atoms with E-state index in [2.05, 4.69) is 10.5 Å². The maximum atomic E-state index is 11.4. The maximum Gasteiger partial charge on any atom is 0.228 e. The van der Waals surface area contributed by atoms with E-state index in [0.717, 1.165) is 36.4 Å². The van der Waals surface area contributed by atoms with Crippen molar-refractivity contribution < 1.29 is 9.32 Å². The summed E-state index contributed by atoms with van der Waals surface area (Å²) in [6, 6.07) is 7.89. The summed E-state index contributed by atoms with van der Waals surface area (Å²) >= 11 is 0. The molecule has 4 heteroatoms. The van der Waals surface area contributed by atoms with Gasteiger partial charge in [0.25, 0.3) is 0 Å². The Morgan fingerprint density at radius 1 is 1.35 bits per heavy atom. The van der Waals surface area contributed by atoms with Gasteiger partial charge in [-0.1, -0.05) is 29.4 Å². The largest absolute Gasteiger partial charge is 0.357 e. The molecule has 0 aliphatic heterocycles. The van der Waals surface area contributed by atoms with Gasteiger partial charge in [-0.25, -0.2) is 0 Å². The first-order valence-corrected chi connectivity index (χ1v) is 6.97. The van der Waals surface area contributed by atoms with Crippen LogP contribution < -0.4 is 5.32 Å². The van der Waals surface area contributed by atoms with E-state index in [9.17, 15) is 4.79 Å². The van der Waals surface area contributed by atoms with Crippen molar-refractivity contribution in [2.75, 3.05) is 12.4 Å². The number of hydrogen-bond acceptors (Lipinski definition) is 4. The fourth-order valence-corrected chi connectivity index (χ4v) is 2.95. The Bertz CT molecular complexity index is 615. The minimum absolute atomic E-state index is 0.0989. The molecule has 1 N–H and O–H groups in total. The van der Waals surface area contributed by atoms with E-state index in [1.165, 1.54) is 11.1 Å². The van der Waals surface area contributed by atoms with Crippen LogP contribution >= 0.6 is 0 Å². The lowest BCUT2D eigenvalue weighted by Crippen LogP contribution is -2.11. The molecule has 1 aromatic carbocycles. The molecule has 1 unspecified atom stereocenters. The Morgan fingerprint density at radius 2 is 2.10 bits per heavy atom. The quantitative estimate of drug-likeness (QED) is 0.869. The lowest BCUT2D eigenvalue weighted by molar-refractivity contribution is 0.101. The Balaban J connectivity index is 1.99. The third kappa shape index (κ3) is 2.11. The second-order valence-electron chi connectivity index (χ2n) is 5.25. The lowest BCUT2D eigenvalue weighted by atomic mass is 9.81. The highest BCUT2D eigenvalue weighted by Gasteiger charge is 2.28. The number of carbonyl (C=O) groups excluding carboxylic acids is 1. The summed E-state index contributed by atoms with van der Waals surface area (Å²) in [5, 5.41) is 7.24. The van der Waals surface area contributed by atoms with Gasteiger partial charge in [-0.15, -0.1) is 0 Å². The highest BCUT2D eigenvalue weighted by molar-refractivity contribution is 5.94. The number of aryl methyl sites for hydroxylation is 1. The van der Waals surface area contributed by atoms with Gasteiger partial charge in [0, 0.05) is 24.1 Å². The summed E-state index contributed by atoms with van der Waals surface area (Å²) in [5.74, 6) is 1.16. The lowest BCUT2D eigenvalue weighted by Gasteiger charge is -2.22. The Hall–Kier alpha value is -2.10. The molecule has 1 heterocycles. The molecule has 2 aromatic rings. The molecule has 0 saturated carbocycles. The van der Waals surface area contributed by atoms with Crippen LogP contribution in [0.4, 0.5) is 5.88 Å². The zero-order valence-electron chi connectivity index (χ0n) is 11.8. The van der Waals surface area contributed by atoms with Crippen LogP contribution in [0, 0.1) is 0 Å². The molecular weight excluding hydrogens is 252 g/mol. The number of Topliss-reactive ketones (excluding diaryl/α,β-unsaturated/α-hetero) is 1. The zero-order valence-corrected chi connectivity index (χ0v) is 11.8. The number of carbonyl (C=O) groups is 1. The van der Waals surface area contributed by atoms with Gasteiger partial charge < -0.3 is 9.84 Å². The van der Waals surface area contributed by atoms with E-state index in [1.807, 2.05) is 31.3 Å². The molecule has 0 fully saturated rings. The van der Waals surface area contributed by atoms with Crippen molar-refractivity contribution in [3.05, 3.63) is 46.6 Å². The summed E-state index contributed by atoms with van der Waals surface area (Å²) in [6.45, 7) is 1.59. The van der Waals surface area contributed by atoms with Crippen molar-refractivity contribution in [1.82, 2.24) is 5.16 Å². The average molecular weight is 270 g/mol. The van der Waals surface area contributed by atoms with Crippen LogP contribution in [0.1, 0.15) is 52.9 Å². The van der Waals surface area contributed by atoms with Crippen molar-refractivity contribution in [1.29, 1.82) is 0 Å². The Labute approximate surface area is 118 Å². The molecule has 0 saturated heterocycles. The second-order valence-corrected chi connectivity index (χ2v) is 5.25. The first-order chi connectivity index (χ1) is 9.70. The van der Waals surface area contributed by atoms with E-state index in [0.29, 0.717) is 5.92 Å². The number of hydrogen-bond donors (Lipinski definition) is 1. The van der Waals surface area contributed by atoms with Gasteiger partial charge in [-0.2, -0.15) is 0 Å². The van der Waals surface area contributed by atoms with Crippen LogP contribution in [0.3, 0.4) is 0 Å². The predicted octanol–water partition coefficient (Wildman–Crippen LogP) is 3.39. The van der Waals surface area contributed by atoms with Gasteiger partial charge in [0.15, 0.2) is 5.78 Å². The monoisotopic (exact) mass is 270 g/mol. The molecule has 1 aliphatic rings. The first kappa shape index (κ1) is 12.9. The fraction of sp³-hybridized carbons (Fsp3) is 0.375. The van der Waals surface area contributed by atoms with Crippen LogP contribution in [0.2, 0.25) is 0 Å². The summed E-state index contributed by atoms with van der Waals surface area (Å²) in [6.07, 6.45) is 3.17. The number of nitrogens with one attached hydrogen (secondary N) is 1. The van der Waals surface area contributed by atoms with Crippen LogP contribution in [-0.2, 0) is 6.42 Å². The SMILES string of the molecule is CNc1onc2c1C(c1ccc(C(C)=O)cc1)CCC2. The predicted molar refractivity (Wildman–Crippen MR) is 77.3 cm³/mol. The van der Waals surface area contributed by atoms with E-state index in [4.69, 9.17) is 4.52 Å². The minimum atomic E-state index is 0.0989. The molecule has 104 valence electrons. The van der Waals surface area contributed by atoms with Crippen LogP contribution in [0.5, 0.6) is 0 Å². The second kappa shape index (κ2) is 5.12. The number of rotatable bonds is 3. The van der Waals surface area contributed by atoms with Gasteiger partial charge in [-0.3, -0.25) is 4.79 Å². The minimum Gasteiger partial charge on any atom is -0.357 e. The van der Waals surface area contributed by atoms with Gasteiger partial charge in [-0.05, 0) is 31.7 Å². The average Bonchev–Trinajstić information content (AvgIpc) is 2.90. The molecule has 0 amide bonds. The van der Waals surface area contributed by atoms with E-state index >= 15 is 0 Å². The summed E-state index contributed by atoms with van der Waals surface area (Å²) < 4.78 is 5.37. The van der Waals surface area contributed by atoms with Gasteiger partial charge in [0.05, 0.1) is 5.69 Å². The molecule has 0 bridgehead atoms. The number of ketones is 1. The highest BCUT2D eigenvalue weighted by atomic mass is 16.5. The number of fused-ring (bicyclic) bond motifs is 1. The zero-order chi connectivity index (χ0) is 14.1. The van der Waals surface area contributed by atoms with Crippen molar-refractivity contribution in [2.24, 2.45) is 0 Å². The van der Waals surface area contributed by atoms with Crippen LogP contribution in [0.25, 0.3) is 0 Å². The highest BCUT2D eigenvalue weighted by Crippen LogP contribution is 2.40. The third-order valence-corrected chi connectivity index (χ3v) is 4.00. The normalized spacial score (nSPS) is 17.6. The summed E-state index contributed by atoms with van der Waals surface area (Å²) in [7, 11) is 1.85. The smallest absolute Gasteiger partial charge is 0.228 e. The number of anilines is 1. The van der Waals surface area contributed by atoms with Crippen molar-refractivity contribution in [3.8, 4) is 0 Å². The molecule has 1 aliphatic carbocycles. The number of benzene rings is 1. The number of aromatic nitrogens is 1. The maximum absolute atomic E-state index is 11.4. The Morgan fingerprint density at radius 3 is 2.75 bits per heavy atom. The fourth-order valence-electron chi connectivity index (χ4n) is 2.95. The van der Waals surface area contributed by atoms with Crippen molar-refractivity contribution >= 4 is 11.7 Å². The van der Waals surface area contributed by atoms with Crippen molar-refractivity contribution in [3.63, 3.8) is 0 Å². The molecule has 1 atom stereocenters. The Kier molecular flexibility index (Phi) is 3.30. The molecular formula is C16H18N2O2. The molecule has 0 spiro atoms. The molecule has 1 aromatic heterocycles. The third-order valence-electron chi connectivity index (χ3n) is 4.00. The van der Waals surface area contributed by atoms with E-state index in [1.54, 1.807) is 6.92 Å². The van der Waals surface area contributed by atoms with Crippen molar-refractivity contribution in [2.45, 2.75) is 32.1 Å². The summed E-state index contributed by atoms with van der Waals surface area (Å²) in [5.41, 5.74) is 4.20. The topological polar surface area (TPSA) is 55.1 Å². The molecule has 3 rings (SSSR count). The van der Waals surface area contributed by atoms with E-state index < -0.39 is 0 Å². The van der Waals surface area contributed by atoms with Gasteiger partial charge in [0.1, 0.15) is 0 Å². The molecule has 0 radical (unpaired) electrons. The number of nitrogens with zero attached hydrogens (tertiary/aromatic N) is 1. The first-order valence-electron chi connectivity index (χ1n) is 6.97. The molecule has 20 heavy (non-hydrogen) atoms. The molecule has 4 nitrogen and oxygen atoms in total.